The molecule has 0 unspecified atom stereocenters. The van der Waals surface area contributed by atoms with E-state index in [9.17, 15) is 9.59 Å². The Bertz CT molecular complexity index is 968. The van der Waals surface area contributed by atoms with E-state index in [0.29, 0.717) is 28.3 Å². The summed E-state index contributed by atoms with van der Waals surface area (Å²) in [4.78, 5) is 24.8. The van der Waals surface area contributed by atoms with Gasteiger partial charge in [-0.3, -0.25) is 9.59 Å². The molecule has 0 saturated heterocycles. The Balaban J connectivity index is 1.82. The number of hydrogen-bond donors (Lipinski definition) is 2. The summed E-state index contributed by atoms with van der Waals surface area (Å²) in [5, 5.41) is 5.42. The zero-order valence-corrected chi connectivity index (χ0v) is 15.2. The fraction of sp³-hybridized carbons (Fsp3) is 0.0909. The Morgan fingerprint density at radius 1 is 0.815 bits per heavy atom. The van der Waals surface area contributed by atoms with E-state index in [2.05, 4.69) is 10.6 Å². The first-order chi connectivity index (χ1) is 13.1. The van der Waals surface area contributed by atoms with Crippen LogP contribution in [0.3, 0.4) is 0 Å². The Kier molecular flexibility index (Phi) is 5.52. The molecule has 5 heteroatoms. The quantitative estimate of drug-likeness (QED) is 0.709. The second kappa shape index (κ2) is 8.19. The monoisotopic (exact) mass is 360 g/mol. The molecule has 3 aromatic carbocycles. The molecule has 0 saturated carbocycles. The van der Waals surface area contributed by atoms with Crippen molar-refractivity contribution in [2.75, 3.05) is 12.4 Å². The van der Waals surface area contributed by atoms with Crippen molar-refractivity contribution in [3.63, 3.8) is 0 Å². The van der Waals surface area contributed by atoms with Crippen LogP contribution in [-0.2, 0) is 0 Å². The van der Waals surface area contributed by atoms with Crippen molar-refractivity contribution in [2.24, 2.45) is 0 Å². The molecule has 0 bridgehead atoms. The standard InChI is InChI=1S/C22H20N2O3/c1-15-8-6-13-19(20(15)22(26)23-2)24-21(25)16-9-7-12-18(14-16)27-17-10-4-3-5-11-17/h3-14H,1-2H3,(H,23,26)(H,24,25). The van der Waals surface area contributed by atoms with Crippen LogP contribution < -0.4 is 15.4 Å². The van der Waals surface area contributed by atoms with E-state index in [0.717, 1.165) is 5.56 Å². The van der Waals surface area contributed by atoms with Crippen molar-refractivity contribution in [2.45, 2.75) is 6.92 Å². The third-order valence-electron chi connectivity index (χ3n) is 4.05. The summed E-state index contributed by atoms with van der Waals surface area (Å²) in [6, 6.07) is 21.6. The molecule has 0 fully saturated rings. The van der Waals surface area contributed by atoms with Gasteiger partial charge < -0.3 is 15.4 Å². The Hall–Kier alpha value is -3.60. The molecule has 136 valence electrons. The van der Waals surface area contributed by atoms with Gasteiger partial charge in [0.15, 0.2) is 0 Å². The number of nitrogens with one attached hydrogen (secondary N) is 2. The van der Waals surface area contributed by atoms with E-state index < -0.39 is 0 Å². The maximum absolute atomic E-state index is 12.7. The summed E-state index contributed by atoms with van der Waals surface area (Å²) < 4.78 is 5.77. The van der Waals surface area contributed by atoms with E-state index >= 15 is 0 Å². The zero-order valence-electron chi connectivity index (χ0n) is 15.2. The summed E-state index contributed by atoms with van der Waals surface area (Å²) in [6.07, 6.45) is 0. The number of carbonyl (C=O) groups excluding carboxylic acids is 2. The third-order valence-corrected chi connectivity index (χ3v) is 4.05. The minimum Gasteiger partial charge on any atom is -0.457 e. The summed E-state index contributed by atoms with van der Waals surface area (Å²) in [5.41, 5.74) is 2.14. The van der Waals surface area contributed by atoms with Crippen LogP contribution in [0.1, 0.15) is 26.3 Å². The lowest BCUT2D eigenvalue weighted by atomic mass is 10.1. The second-order valence-corrected chi connectivity index (χ2v) is 5.97. The van der Waals surface area contributed by atoms with E-state index in [4.69, 9.17) is 4.74 Å². The van der Waals surface area contributed by atoms with E-state index in [1.54, 1.807) is 43.4 Å². The van der Waals surface area contributed by atoms with Gasteiger partial charge in [0.1, 0.15) is 11.5 Å². The molecule has 3 aromatic rings. The molecule has 0 aliphatic rings. The number of aryl methyl sites for hydroxylation is 1. The number of benzene rings is 3. The van der Waals surface area contributed by atoms with Gasteiger partial charge in [-0.15, -0.1) is 0 Å². The molecule has 2 N–H and O–H groups in total. The molecule has 0 heterocycles. The van der Waals surface area contributed by atoms with Crippen molar-refractivity contribution in [1.29, 1.82) is 0 Å². The highest BCUT2D eigenvalue weighted by Crippen LogP contribution is 2.24. The Morgan fingerprint density at radius 3 is 2.26 bits per heavy atom. The fourth-order valence-corrected chi connectivity index (χ4v) is 2.72. The molecule has 0 aromatic heterocycles. The lowest BCUT2D eigenvalue weighted by molar-refractivity contribution is 0.0963. The number of hydrogen-bond acceptors (Lipinski definition) is 3. The highest BCUT2D eigenvalue weighted by Gasteiger charge is 2.16. The zero-order chi connectivity index (χ0) is 19.2. The number of amides is 2. The van der Waals surface area contributed by atoms with Crippen LogP contribution in [0, 0.1) is 6.92 Å². The maximum Gasteiger partial charge on any atom is 0.255 e. The average molecular weight is 360 g/mol. The number of para-hydroxylation sites is 1. The van der Waals surface area contributed by atoms with Gasteiger partial charge in [0, 0.05) is 12.6 Å². The summed E-state index contributed by atoms with van der Waals surface area (Å²) >= 11 is 0. The second-order valence-electron chi connectivity index (χ2n) is 5.97. The molecule has 0 spiro atoms. The summed E-state index contributed by atoms with van der Waals surface area (Å²) in [5.74, 6) is 0.689. The van der Waals surface area contributed by atoms with Gasteiger partial charge in [-0.2, -0.15) is 0 Å². The highest BCUT2D eigenvalue weighted by atomic mass is 16.5. The van der Waals surface area contributed by atoms with Gasteiger partial charge in [-0.1, -0.05) is 36.4 Å². The lowest BCUT2D eigenvalue weighted by Crippen LogP contribution is -2.22. The van der Waals surface area contributed by atoms with Crippen molar-refractivity contribution < 1.29 is 14.3 Å². The first-order valence-corrected chi connectivity index (χ1v) is 8.54. The van der Waals surface area contributed by atoms with E-state index in [-0.39, 0.29) is 11.8 Å². The SMILES string of the molecule is CNC(=O)c1c(C)cccc1NC(=O)c1cccc(Oc2ccccc2)c1. The molecule has 0 atom stereocenters. The largest absolute Gasteiger partial charge is 0.457 e. The van der Waals surface area contributed by atoms with Crippen molar-refractivity contribution in [3.8, 4) is 11.5 Å². The topological polar surface area (TPSA) is 67.4 Å². The number of ether oxygens (including phenoxy) is 1. The molecule has 2 amide bonds. The third kappa shape index (κ3) is 4.33. The number of anilines is 1. The molecule has 0 radical (unpaired) electrons. The smallest absolute Gasteiger partial charge is 0.255 e. The van der Waals surface area contributed by atoms with Crippen molar-refractivity contribution >= 4 is 17.5 Å². The van der Waals surface area contributed by atoms with E-state index in [1.165, 1.54) is 0 Å². The van der Waals surface area contributed by atoms with Crippen LogP contribution in [0.4, 0.5) is 5.69 Å². The molecule has 3 rings (SSSR count). The minimum atomic E-state index is -0.315. The molecular weight excluding hydrogens is 340 g/mol. The van der Waals surface area contributed by atoms with Crippen molar-refractivity contribution in [3.05, 3.63) is 89.5 Å². The summed E-state index contributed by atoms with van der Waals surface area (Å²) in [7, 11) is 1.56. The maximum atomic E-state index is 12.7. The molecule has 27 heavy (non-hydrogen) atoms. The fourth-order valence-electron chi connectivity index (χ4n) is 2.72. The van der Waals surface area contributed by atoms with E-state index in [1.807, 2.05) is 43.3 Å². The van der Waals surface area contributed by atoms with Gasteiger partial charge in [0.25, 0.3) is 11.8 Å². The molecule has 0 aliphatic carbocycles. The Labute approximate surface area is 158 Å². The van der Waals surface area contributed by atoms with Crippen LogP contribution >= 0.6 is 0 Å². The van der Waals surface area contributed by atoms with Crippen LogP contribution in [0.25, 0.3) is 0 Å². The molecular formula is C22H20N2O3. The first kappa shape index (κ1) is 18.2. The first-order valence-electron chi connectivity index (χ1n) is 8.54. The highest BCUT2D eigenvalue weighted by molar-refractivity contribution is 6.09. The van der Waals surface area contributed by atoms with Gasteiger partial charge in [0.2, 0.25) is 0 Å². The van der Waals surface area contributed by atoms with Gasteiger partial charge in [-0.25, -0.2) is 0 Å². The molecule has 0 aliphatic heterocycles. The number of carbonyl (C=O) groups is 2. The molecule has 5 nitrogen and oxygen atoms in total. The normalized spacial score (nSPS) is 10.1. The number of rotatable bonds is 5. The predicted molar refractivity (Wildman–Crippen MR) is 105 cm³/mol. The lowest BCUT2D eigenvalue weighted by Gasteiger charge is -2.13. The van der Waals surface area contributed by atoms with Crippen LogP contribution in [-0.4, -0.2) is 18.9 Å². The van der Waals surface area contributed by atoms with Crippen LogP contribution in [0.2, 0.25) is 0 Å². The minimum absolute atomic E-state index is 0.246. The van der Waals surface area contributed by atoms with Crippen molar-refractivity contribution in [1.82, 2.24) is 5.32 Å². The van der Waals surface area contributed by atoms with Gasteiger partial charge in [0.05, 0.1) is 11.3 Å². The average Bonchev–Trinajstić information content (AvgIpc) is 2.68. The van der Waals surface area contributed by atoms with Gasteiger partial charge >= 0.3 is 0 Å². The predicted octanol–water partition coefficient (Wildman–Crippen LogP) is 4.40. The van der Waals surface area contributed by atoms with Crippen LogP contribution in [0.5, 0.6) is 11.5 Å². The summed E-state index contributed by atoms with van der Waals surface area (Å²) in [6.45, 7) is 1.83. The van der Waals surface area contributed by atoms with Gasteiger partial charge in [-0.05, 0) is 48.9 Å². The van der Waals surface area contributed by atoms with Crippen LogP contribution in [0.15, 0.2) is 72.8 Å². The Morgan fingerprint density at radius 2 is 1.52 bits per heavy atom.